The van der Waals surface area contributed by atoms with Crippen LogP contribution >= 0.6 is 33.9 Å². The van der Waals surface area contributed by atoms with E-state index in [1.807, 2.05) is 6.92 Å². The maximum Gasteiger partial charge on any atom is 0.262 e. The van der Waals surface area contributed by atoms with Gasteiger partial charge in [0.2, 0.25) is 0 Å². The van der Waals surface area contributed by atoms with E-state index < -0.39 is 15.0 Å². The molecule has 19 heavy (non-hydrogen) atoms. The lowest BCUT2D eigenvalue weighted by atomic mass is 10.2. The fourth-order valence-electron chi connectivity index (χ4n) is 1.69. The summed E-state index contributed by atoms with van der Waals surface area (Å²) in [5.74, 6) is -0.0899. The molecule has 2 rings (SSSR count). The lowest BCUT2D eigenvalue weighted by Gasteiger charge is -2.10. The summed E-state index contributed by atoms with van der Waals surface area (Å²) in [5, 5.41) is 2.56. The second kappa shape index (κ2) is 5.13. The Labute approximate surface area is 125 Å². The van der Waals surface area contributed by atoms with Crippen molar-refractivity contribution in [2.75, 3.05) is 0 Å². The minimum absolute atomic E-state index is 0.0656. The van der Waals surface area contributed by atoms with Gasteiger partial charge in [0, 0.05) is 16.7 Å². The molecule has 0 radical (unpaired) electrons. The van der Waals surface area contributed by atoms with Crippen molar-refractivity contribution in [1.82, 2.24) is 5.32 Å². The van der Waals surface area contributed by atoms with Gasteiger partial charge in [-0.1, -0.05) is 30.1 Å². The van der Waals surface area contributed by atoms with E-state index in [9.17, 15) is 13.2 Å². The lowest BCUT2D eigenvalue weighted by molar-refractivity contribution is 0.0949. The van der Waals surface area contributed by atoms with Crippen molar-refractivity contribution in [3.8, 4) is 0 Å². The number of halogens is 3. The van der Waals surface area contributed by atoms with Crippen LogP contribution in [0.15, 0.2) is 17.0 Å². The van der Waals surface area contributed by atoms with Gasteiger partial charge in [0.15, 0.2) is 0 Å². The standard InChI is InChI=1S/C11H10Cl3NO3S/c1-5-4-7(5)15-11(16)9-6(12)2-3-8(10(9)13)19(14,17)18/h2-3,5,7H,4H2,1H3,(H,15,16). The molecule has 1 amide bonds. The maximum absolute atomic E-state index is 12.0. The highest BCUT2D eigenvalue weighted by molar-refractivity contribution is 8.13. The van der Waals surface area contributed by atoms with E-state index >= 15 is 0 Å². The Hall–Kier alpha value is -0.490. The molecule has 1 aromatic carbocycles. The predicted molar refractivity (Wildman–Crippen MR) is 74.5 cm³/mol. The number of nitrogens with one attached hydrogen (secondary N) is 1. The quantitative estimate of drug-likeness (QED) is 0.859. The highest BCUT2D eigenvalue weighted by Crippen LogP contribution is 2.34. The summed E-state index contributed by atoms with van der Waals surface area (Å²) < 4.78 is 22.7. The maximum atomic E-state index is 12.0. The molecule has 1 aromatic rings. The van der Waals surface area contributed by atoms with Gasteiger partial charge < -0.3 is 5.32 Å². The van der Waals surface area contributed by atoms with E-state index in [0.717, 1.165) is 6.42 Å². The minimum Gasteiger partial charge on any atom is -0.349 e. The highest BCUT2D eigenvalue weighted by Gasteiger charge is 2.35. The van der Waals surface area contributed by atoms with Gasteiger partial charge in [0.05, 0.1) is 15.6 Å². The second-order valence-corrected chi connectivity index (χ2v) is 7.78. The third-order valence-electron chi connectivity index (χ3n) is 2.97. The number of hydrogen-bond acceptors (Lipinski definition) is 3. The van der Waals surface area contributed by atoms with Crippen molar-refractivity contribution in [1.29, 1.82) is 0 Å². The molecule has 2 unspecified atom stereocenters. The monoisotopic (exact) mass is 341 g/mol. The first-order valence-electron chi connectivity index (χ1n) is 5.45. The molecule has 1 saturated carbocycles. The SMILES string of the molecule is CC1CC1NC(=O)c1c(Cl)ccc(S(=O)(=O)Cl)c1Cl. The van der Waals surface area contributed by atoms with Crippen LogP contribution in [0.25, 0.3) is 0 Å². The minimum atomic E-state index is -4.03. The Bertz CT molecular complexity index is 645. The molecule has 1 aliphatic carbocycles. The molecule has 4 nitrogen and oxygen atoms in total. The first-order valence-corrected chi connectivity index (χ1v) is 8.52. The van der Waals surface area contributed by atoms with E-state index in [1.54, 1.807) is 0 Å². The Kier molecular flexibility index (Phi) is 4.02. The van der Waals surface area contributed by atoms with E-state index in [2.05, 4.69) is 5.32 Å². The summed E-state index contributed by atoms with van der Waals surface area (Å²) >= 11 is 11.8. The Morgan fingerprint density at radius 3 is 2.42 bits per heavy atom. The molecule has 0 bridgehead atoms. The fraction of sp³-hybridized carbons (Fsp3) is 0.364. The van der Waals surface area contributed by atoms with Gasteiger partial charge in [-0.2, -0.15) is 0 Å². The van der Waals surface area contributed by atoms with Crippen LogP contribution in [0.3, 0.4) is 0 Å². The number of carbonyl (C=O) groups excluding carboxylic acids is 1. The number of carbonyl (C=O) groups is 1. The summed E-state index contributed by atoms with van der Waals surface area (Å²) in [7, 11) is 1.22. The van der Waals surface area contributed by atoms with Crippen LogP contribution in [-0.2, 0) is 9.05 Å². The number of rotatable bonds is 3. The van der Waals surface area contributed by atoms with Crippen LogP contribution in [-0.4, -0.2) is 20.4 Å². The third kappa shape index (κ3) is 3.16. The molecule has 0 spiro atoms. The van der Waals surface area contributed by atoms with Crippen molar-refractivity contribution >= 4 is 48.8 Å². The summed E-state index contributed by atoms with van der Waals surface area (Å²) in [4.78, 5) is 11.7. The van der Waals surface area contributed by atoms with Crippen LogP contribution in [0, 0.1) is 5.92 Å². The molecule has 104 valence electrons. The summed E-state index contributed by atoms with van der Waals surface area (Å²) in [6.07, 6.45) is 0.883. The van der Waals surface area contributed by atoms with Crippen LogP contribution in [0.2, 0.25) is 10.0 Å². The predicted octanol–water partition coefficient (Wildman–Crippen LogP) is 3.06. The average Bonchev–Trinajstić information content (AvgIpc) is 2.91. The van der Waals surface area contributed by atoms with E-state index in [0.29, 0.717) is 5.92 Å². The molecule has 0 heterocycles. The fourth-order valence-corrected chi connectivity index (χ4v) is 3.59. The topological polar surface area (TPSA) is 63.2 Å². The molecule has 0 aliphatic heterocycles. The van der Waals surface area contributed by atoms with Crippen LogP contribution < -0.4 is 5.32 Å². The van der Waals surface area contributed by atoms with Gasteiger partial charge in [-0.05, 0) is 24.5 Å². The Morgan fingerprint density at radius 1 is 1.37 bits per heavy atom. The zero-order valence-electron chi connectivity index (χ0n) is 9.78. The average molecular weight is 343 g/mol. The van der Waals surface area contributed by atoms with Crippen molar-refractivity contribution < 1.29 is 13.2 Å². The van der Waals surface area contributed by atoms with E-state index in [1.165, 1.54) is 12.1 Å². The van der Waals surface area contributed by atoms with Crippen LogP contribution in [0.4, 0.5) is 0 Å². The molecule has 0 aromatic heterocycles. The lowest BCUT2D eigenvalue weighted by Crippen LogP contribution is -2.27. The van der Waals surface area contributed by atoms with Crippen LogP contribution in [0.5, 0.6) is 0 Å². The molecule has 1 N–H and O–H groups in total. The van der Waals surface area contributed by atoms with Gasteiger partial charge in [-0.15, -0.1) is 0 Å². The molecule has 1 fully saturated rings. The van der Waals surface area contributed by atoms with Crippen molar-refractivity contribution in [2.24, 2.45) is 5.92 Å². The first-order chi connectivity index (χ1) is 8.71. The van der Waals surface area contributed by atoms with Crippen molar-refractivity contribution in [3.63, 3.8) is 0 Å². The van der Waals surface area contributed by atoms with E-state index in [-0.39, 0.29) is 26.5 Å². The number of benzene rings is 1. The highest BCUT2D eigenvalue weighted by atomic mass is 35.7. The van der Waals surface area contributed by atoms with Crippen molar-refractivity contribution in [3.05, 3.63) is 27.7 Å². The van der Waals surface area contributed by atoms with Gasteiger partial charge in [0.1, 0.15) is 4.90 Å². The summed E-state index contributed by atoms with van der Waals surface area (Å²) in [5.41, 5.74) is -0.0656. The molecule has 8 heteroatoms. The number of amides is 1. The van der Waals surface area contributed by atoms with Crippen molar-refractivity contribution in [2.45, 2.75) is 24.3 Å². The molecule has 1 aliphatic rings. The molecule has 2 atom stereocenters. The second-order valence-electron chi connectivity index (χ2n) is 4.47. The summed E-state index contributed by atoms with van der Waals surface area (Å²) in [6, 6.07) is 2.54. The smallest absolute Gasteiger partial charge is 0.262 e. The molecular weight excluding hydrogens is 333 g/mol. The zero-order chi connectivity index (χ0) is 14.4. The summed E-state index contributed by atoms with van der Waals surface area (Å²) in [6.45, 7) is 1.99. The van der Waals surface area contributed by atoms with Gasteiger partial charge in [-0.3, -0.25) is 4.79 Å². The number of hydrogen-bond donors (Lipinski definition) is 1. The normalized spacial score (nSPS) is 22.1. The first kappa shape index (κ1) is 14.9. The largest absolute Gasteiger partial charge is 0.349 e. The van der Waals surface area contributed by atoms with Gasteiger partial charge in [-0.25, -0.2) is 8.42 Å². The zero-order valence-corrected chi connectivity index (χ0v) is 12.9. The molecular formula is C11H10Cl3NO3S. The Balaban J connectivity index is 2.41. The van der Waals surface area contributed by atoms with Crippen LogP contribution in [0.1, 0.15) is 23.7 Å². The van der Waals surface area contributed by atoms with Gasteiger partial charge in [0.25, 0.3) is 15.0 Å². The molecule has 0 saturated heterocycles. The third-order valence-corrected chi connectivity index (χ3v) is 5.16. The van der Waals surface area contributed by atoms with Gasteiger partial charge >= 0.3 is 0 Å². The Morgan fingerprint density at radius 2 is 1.95 bits per heavy atom. The van der Waals surface area contributed by atoms with E-state index in [4.69, 9.17) is 33.9 Å².